The van der Waals surface area contributed by atoms with Gasteiger partial charge in [0.05, 0.1) is 22.8 Å². The second-order valence-corrected chi connectivity index (χ2v) is 10.8. The van der Waals surface area contributed by atoms with Crippen molar-refractivity contribution in [2.75, 3.05) is 4.90 Å². The van der Waals surface area contributed by atoms with E-state index in [-0.39, 0.29) is 11.2 Å². The fourth-order valence-electron chi connectivity index (χ4n) is 6.56. The molecule has 6 aromatic rings. The van der Waals surface area contributed by atoms with E-state index in [9.17, 15) is 0 Å². The number of anilines is 3. The highest BCUT2D eigenvalue weighted by molar-refractivity contribution is 6.17. The van der Waals surface area contributed by atoms with Crippen molar-refractivity contribution in [2.45, 2.75) is 19.3 Å². The number of nitrogens with zero attached hydrogens (tertiary/aromatic N) is 3. The van der Waals surface area contributed by atoms with Crippen molar-refractivity contribution >= 4 is 27.8 Å². The third-order valence-corrected chi connectivity index (χ3v) is 8.39. The van der Waals surface area contributed by atoms with Crippen LogP contribution in [0, 0.1) is 5.82 Å². The normalized spacial score (nSPS) is 14.2. The molecule has 0 spiro atoms. The van der Waals surface area contributed by atoms with Crippen LogP contribution in [0.4, 0.5) is 21.5 Å². The Morgan fingerprint density at radius 1 is 0.590 bits per heavy atom. The summed E-state index contributed by atoms with van der Waals surface area (Å²) in [5.74, 6) is -0.233. The Morgan fingerprint density at radius 3 is 1.74 bits per heavy atom. The van der Waals surface area contributed by atoms with Gasteiger partial charge in [0.2, 0.25) is 0 Å². The van der Waals surface area contributed by atoms with Crippen LogP contribution in [0.3, 0.4) is 0 Å². The van der Waals surface area contributed by atoms with Gasteiger partial charge in [-0.15, -0.1) is 0 Å². The molecule has 0 fully saturated rings. The van der Waals surface area contributed by atoms with Crippen LogP contribution in [0.2, 0.25) is 0 Å². The number of para-hydroxylation sites is 2. The zero-order valence-corrected chi connectivity index (χ0v) is 21.6. The number of hydrogen-bond acceptors (Lipinski definition) is 3. The molecule has 0 saturated carbocycles. The van der Waals surface area contributed by atoms with Crippen molar-refractivity contribution in [1.82, 2.24) is 9.97 Å². The molecule has 1 aliphatic carbocycles. The number of hydrogen-bond donors (Lipinski definition) is 0. The summed E-state index contributed by atoms with van der Waals surface area (Å²) in [6, 6.07) is 33.2. The number of fused-ring (bicyclic) bond motifs is 5. The van der Waals surface area contributed by atoms with Gasteiger partial charge in [0.15, 0.2) is 0 Å². The zero-order chi connectivity index (χ0) is 26.3. The molecule has 3 nitrogen and oxygen atoms in total. The summed E-state index contributed by atoms with van der Waals surface area (Å²) in [6.45, 7) is 4.58. The quantitative estimate of drug-likeness (QED) is 0.234. The van der Waals surface area contributed by atoms with E-state index in [1.807, 2.05) is 18.2 Å². The molecular weight excluding hydrogens is 481 g/mol. The van der Waals surface area contributed by atoms with Crippen molar-refractivity contribution < 1.29 is 4.39 Å². The molecule has 0 unspecified atom stereocenters. The molecule has 0 bridgehead atoms. The van der Waals surface area contributed by atoms with Crippen LogP contribution < -0.4 is 4.90 Å². The van der Waals surface area contributed by atoms with E-state index in [0.29, 0.717) is 5.39 Å². The van der Waals surface area contributed by atoms with E-state index in [4.69, 9.17) is 0 Å². The lowest BCUT2D eigenvalue weighted by Gasteiger charge is -2.42. The summed E-state index contributed by atoms with van der Waals surface area (Å²) in [6.07, 6.45) is 3.38. The molecule has 0 radical (unpaired) electrons. The summed E-state index contributed by atoms with van der Waals surface area (Å²) in [5.41, 5.74) is 11.3. The SMILES string of the molecule is CC1(C)c2ccccc2N(c2ccc(-c3ccc4c5c(ccc(F)c35)-c3nccnc3-4)cc2)c2ccccc21. The molecular formula is C35H24FN3. The van der Waals surface area contributed by atoms with Gasteiger partial charge in [-0.05, 0) is 58.7 Å². The Labute approximate surface area is 226 Å². The van der Waals surface area contributed by atoms with E-state index < -0.39 is 0 Å². The van der Waals surface area contributed by atoms with Crippen LogP contribution in [0.5, 0.6) is 0 Å². The highest BCUT2D eigenvalue weighted by Gasteiger charge is 2.36. The number of benzene rings is 5. The highest BCUT2D eigenvalue weighted by Crippen LogP contribution is 2.52. The van der Waals surface area contributed by atoms with E-state index >= 15 is 4.39 Å². The molecule has 39 heavy (non-hydrogen) atoms. The summed E-state index contributed by atoms with van der Waals surface area (Å²) < 4.78 is 15.5. The van der Waals surface area contributed by atoms with Gasteiger partial charge >= 0.3 is 0 Å². The molecule has 1 aromatic heterocycles. The minimum absolute atomic E-state index is 0.104. The third-order valence-electron chi connectivity index (χ3n) is 8.39. The van der Waals surface area contributed by atoms with Crippen molar-refractivity contribution in [3.8, 4) is 33.6 Å². The molecule has 2 aliphatic rings. The molecule has 4 heteroatoms. The first-order valence-corrected chi connectivity index (χ1v) is 13.2. The fraction of sp³-hybridized carbons (Fsp3) is 0.0857. The molecule has 0 amide bonds. The first-order chi connectivity index (χ1) is 19.0. The number of aromatic nitrogens is 2. The average molecular weight is 506 g/mol. The average Bonchev–Trinajstić information content (AvgIpc) is 3.30. The van der Waals surface area contributed by atoms with Crippen molar-refractivity contribution in [3.63, 3.8) is 0 Å². The lowest BCUT2D eigenvalue weighted by Crippen LogP contribution is -2.30. The monoisotopic (exact) mass is 505 g/mol. The number of rotatable bonds is 2. The van der Waals surface area contributed by atoms with Crippen molar-refractivity contribution in [1.29, 1.82) is 0 Å². The van der Waals surface area contributed by atoms with Gasteiger partial charge in [-0.25, -0.2) is 4.39 Å². The number of halogens is 1. The fourth-order valence-corrected chi connectivity index (χ4v) is 6.56. The predicted molar refractivity (Wildman–Crippen MR) is 156 cm³/mol. The van der Waals surface area contributed by atoms with Gasteiger partial charge in [-0.2, -0.15) is 0 Å². The van der Waals surface area contributed by atoms with Crippen molar-refractivity contribution in [3.05, 3.63) is 126 Å². The van der Waals surface area contributed by atoms with Crippen LogP contribution in [0.1, 0.15) is 25.0 Å². The minimum Gasteiger partial charge on any atom is -0.310 e. The summed E-state index contributed by atoms with van der Waals surface area (Å²) >= 11 is 0. The molecule has 2 heterocycles. The van der Waals surface area contributed by atoms with Gasteiger partial charge in [0, 0.05) is 45.4 Å². The Balaban J connectivity index is 1.29. The summed E-state index contributed by atoms with van der Waals surface area (Å²) in [5, 5.41) is 1.51. The second-order valence-electron chi connectivity index (χ2n) is 10.8. The lowest BCUT2D eigenvalue weighted by molar-refractivity contribution is 0.632. The standard InChI is InChI=1S/C35H24FN3/c1-35(2)26-7-3-5-9-29(26)39(30-10-6-4-8-27(30)35)22-13-11-21(12-14-22)23-15-16-24-31-25(17-18-28(36)32(23)31)34-33(24)37-19-20-38-34/h3-20H,1-2H3. The minimum atomic E-state index is -0.233. The highest BCUT2D eigenvalue weighted by atomic mass is 19.1. The molecule has 0 saturated heterocycles. The lowest BCUT2D eigenvalue weighted by atomic mass is 9.73. The van der Waals surface area contributed by atoms with Gasteiger partial charge < -0.3 is 4.90 Å². The maximum Gasteiger partial charge on any atom is 0.131 e. The smallest absolute Gasteiger partial charge is 0.131 e. The van der Waals surface area contributed by atoms with E-state index in [2.05, 4.69) is 102 Å². The maximum absolute atomic E-state index is 15.5. The van der Waals surface area contributed by atoms with E-state index in [0.717, 1.165) is 44.7 Å². The third kappa shape index (κ3) is 2.97. The predicted octanol–water partition coefficient (Wildman–Crippen LogP) is 9.19. The summed E-state index contributed by atoms with van der Waals surface area (Å²) in [7, 11) is 0. The maximum atomic E-state index is 15.5. The van der Waals surface area contributed by atoms with E-state index in [1.165, 1.54) is 22.5 Å². The van der Waals surface area contributed by atoms with Gasteiger partial charge in [-0.3, -0.25) is 9.97 Å². The molecule has 5 aromatic carbocycles. The first kappa shape index (κ1) is 22.2. The largest absolute Gasteiger partial charge is 0.310 e. The zero-order valence-electron chi connectivity index (χ0n) is 21.6. The van der Waals surface area contributed by atoms with Crippen molar-refractivity contribution in [2.24, 2.45) is 0 Å². The second kappa shape index (κ2) is 7.84. The van der Waals surface area contributed by atoms with Crippen LogP contribution >= 0.6 is 0 Å². The molecule has 0 N–H and O–H groups in total. The van der Waals surface area contributed by atoms with Crippen LogP contribution in [-0.2, 0) is 5.41 Å². The Kier molecular flexibility index (Phi) is 4.46. The topological polar surface area (TPSA) is 29.0 Å². The van der Waals surface area contributed by atoms with Crippen LogP contribution in [-0.4, -0.2) is 9.97 Å². The van der Waals surface area contributed by atoms with E-state index in [1.54, 1.807) is 18.5 Å². The Hall–Kier alpha value is -4.83. The van der Waals surface area contributed by atoms with Gasteiger partial charge in [-0.1, -0.05) is 74.5 Å². The van der Waals surface area contributed by atoms with Gasteiger partial charge in [0.1, 0.15) is 5.82 Å². The van der Waals surface area contributed by atoms with Gasteiger partial charge in [0.25, 0.3) is 0 Å². The summed E-state index contributed by atoms with van der Waals surface area (Å²) in [4.78, 5) is 11.4. The van der Waals surface area contributed by atoms with Crippen LogP contribution in [0.25, 0.3) is 44.4 Å². The van der Waals surface area contributed by atoms with Crippen LogP contribution in [0.15, 0.2) is 109 Å². The molecule has 0 atom stereocenters. The Morgan fingerprint density at radius 2 is 1.13 bits per heavy atom. The molecule has 8 rings (SSSR count). The first-order valence-electron chi connectivity index (χ1n) is 13.2. The molecule has 186 valence electrons. The molecule has 1 aliphatic heterocycles. The Bertz CT molecular complexity index is 1880.